The number of carbonyl (C=O) groups is 1. The van der Waals surface area contributed by atoms with Gasteiger partial charge in [-0.25, -0.2) is 4.79 Å². The van der Waals surface area contributed by atoms with Gasteiger partial charge in [-0.3, -0.25) is 0 Å². The van der Waals surface area contributed by atoms with E-state index in [1.165, 1.54) is 35.4 Å². The van der Waals surface area contributed by atoms with Crippen LogP contribution in [0.2, 0.25) is 0 Å². The van der Waals surface area contributed by atoms with Crippen LogP contribution in [0.15, 0.2) is 66.7 Å². The van der Waals surface area contributed by atoms with Crippen molar-refractivity contribution in [3.8, 4) is 5.75 Å². The molecule has 0 N–H and O–H groups in total. The first-order valence-electron chi connectivity index (χ1n) is 10.5. The van der Waals surface area contributed by atoms with Gasteiger partial charge in [0.2, 0.25) is 0 Å². The summed E-state index contributed by atoms with van der Waals surface area (Å²) in [5, 5.41) is 6.77. The Morgan fingerprint density at radius 2 is 1.38 bits per heavy atom. The van der Waals surface area contributed by atoms with Crippen LogP contribution in [0.25, 0.3) is 32.3 Å². The fourth-order valence-electron chi connectivity index (χ4n) is 3.90. The van der Waals surface area contributed by atoms with Gasteiger partial charge in [0.25, 0.3) is 0 Å². The molecule has 4 rings (SSSR count). The summed E-state index contributed by atoms with van der Waals surface area (Å²) in [6, 6.07) is 22.6. The molecule has 0 saturated carbocycles. The maximum Gasteiger partial charge on any atom is 0.513 e. The number of carbonyl (C=O) groups excluding carboxylic acids is 1. The van der Waals surface area contributed by atoms with Gasteiger partial charge >= 0.3 is 6.16 Å². The first-order valence-corrected chi connectivity index (χ1v) is 10.5. The quantitative estimate of drug-likeness (QED) is 0.142. The Morgan fingerprint density at radius 1 is 0.690 bits per heavy atom. The highest BCUT2D eigenvalue weighted by atomic mass is 16.7. The Labute approximate surface area is 171 Å². The van der Waals surface area contributed by atoms with E-state index in [9.17, 15) is 4.79 Å². The molecule has 29 heavy (non-hydrogen) atoms. The molecule has 0 unspecified atom stereocenters. The highest BCUT2D eigenvalue weighted by molar-refractivity contribution is 6.18. The molecule has 0 aliphatic rings. The molecule has 0 radical (unpaired) electrons. The Balaban J connectivity index is 1.55. The first-order chi connectivity index (χ1) is 14.3. The zero-order chi connectivity index (χ0) is 20.1. The Morgan fingerprint density at radius 3 is 2.28 bits per heavy atom. The van der Waals surface area contributed by atoms with Gasteiger partial charge in [0.05, 0.1) is 6.61 Å². The zero-order valence-corrected chi connectivity index (χ0v) is 16.8. The lowest BCUT2D eigenvalue weighted by molar-refractivity contribution is 0.0978. The van der Waals surface area contributed by atoms with Crippen LogP contribution in [0.5, 0.6) is 5.75 Å². The number of hydrogen-bond donors (Lipinski definition) is 0. The van der Waals surface area contributed by atoms with Gasteiger partial charge < -0.3 is 9.47 Å². The normalized spacial score (nSPS) is 11.2. The van der Waals surface area contributed by atoms with Crippen LogP contribution < -0.4 is 4.74 Å². The van der Waals surface area contributed by atoms with Crippen molar-refractivity contribution >= 4 is 38.5 Å². The fourth-order valence-corrected chi connectivity index (χ4v) is 3.90. The lowest BCUT2D eigenvalue weighted by atomic mass is 9.97. The van der Waals surface area contributed by atoms with Gasteiger partial charge in [-0.2, -0.15) is 0 Å². The average molecular weight is 386 g/mol. The van der Waals surface area contributed by atoms with Gasteiger partial charge in [0.1, 0.15) is 5.75 Å². The van der Waals surface area contributed by atoms with Crippen molar-refractivity contribution in [1.82, 2.24) is 0 Å². The van der Waals surface area contributed by atoms with Crippen molar-refractivity contribution in [2.45, 2.75) is 39.0 Å². The van der Waals surface area contributed by atoms with Gasteiger partial charge in [0, 0.05) is 5.39 Å². The zero-order valence-electron chi connectivity index (χ0n) is 16.8. The van der Waals surface area contributed by atoms with E-state index < -0.39 is 6.16 Å². The van der Waals surface area contributed by atoms with E-state index in [1.54, 1.807) is 0 Å². The second-order valence-corrected chi connectivity index (χ2v) is 7.41. The fraction of sp³-hybridized carbons (Fsp3) is 0.269. The lowest BCUT2D eigenvalue weighted by Gasteiger charge is -2.11. The van der Waals surface area contributed by atoms with E-state index in [1.807, 2.05) is 18.2 Å². The standard InChI is InChI=1S/C26H26O3/c1-2-3-4-5-8-18-28-26(27)29-25-13-9-12-21-23-15-14-19-10-6-7-11-20(19)22(23)16-17-24(21)25/h6-7,9-17H,2-5,8,18H2,1H3. The van der Waals surface area contributed by atoms with Crippen LogP contribution in [0.1, 0.15) is 39.0 Å². The first kappa shape index (κ1) is 19.3. The molecule has 3 heteroatoms. The summed E-state index contributed by atoms with van der Waals surface area (Å²) in [6.07, 6.45) is 4.93. The smallest absolute Gasteiger partial charge is 0.434 e. The topological polar surface area (TPSA) is 35.5 Å². The minimum absolute atomic E-state index is 0.405. The number of hydrogen-bond acceptors (Lipinski definition) is 3. The summed E-state index contributed by atoms with van der Waals surface area (Å²) >= 11 is 0. The summed E-state index contributed by atoms with van der Waals surface area (Å²) in [5.41, 5.74) is 0. The molecule has 0 fully saturated rings. The predicted octanol–water partition coefficient (Wildman–Crippen LogP) is 7.63. The van der Waals surface area contributed by atoms with Crippen LogP contribution >= 0.6 is 0 Å². The molecule has 0 saturated heterocycles. The van der Waals surface area contributed by atoms with Crippen LogP contribution in [0.4, 0.5) is 4.79 Å². The third-order valence-corrected chi connectivity index (χ3v) is 5.40. The van der Waals surface area contributed by atoms with Gasteiger partial charge in [-0.05, 0) is 45.5 Å². The number of benzene rings is 4. The Hall–Kier alpha value is -3.07. The van der Waals surface area contributed by atoms with Crippen LogP contribution in [0.3, 0.4) is 0 Å². The van der Waals surface area contributed by atoms with Crippen LogP contribution in [-0.4, -0.2) is 12.8 Å². The van der Waals surface area contributed by atoms with E-state index in [0.717, 1.165) is 29.0 Å². The van der Waals surface area contributed by atoms with Crippen molar-refractivity contribution in [3.05, 3.63) is 66.7 Å². The van der Waals surface area contributed by atoms with E-state index in [4.69, 9.17) is 9.47 Å². The minimum atomic E-state index is -0.633. The Kier molecular flexibility index (Phi) is 5.95. The molecule has 0 aliphatic carbocycles. The second-order valence-electron chi connectivity index (χ2n) is 7.41. The van der Waals surface area contributed by atoms with Crippen LogP contribution in [-0.2, 0) is 4.74 Å². The summed E-state index contributed by atoms with van der Waals surface area (Å²) < 4.78 is 10.8. The predicted molar refractivity (Wildman–Crippen MR) is 120 cm³/mol. The maximum absolute atomic E-state index is 12.1. The van der Waals surface area contributed by atoms with Crippen molar-refractivity contribution < 1.29 is 14.3 Å². The van der Waals surface area contributed by atoms with E-state index in [0.29, 0.717) is 12.4 Å². The molecule has 3 nitrogen and oxygen atoms in total. The van der Waals surface area contributed by atoms with Gasteiger partial charge in [-0.15, -0.1) is 0 Å². The highest BCUT2D eigenvalue weighted by Gasteiger charge is 2.12. The summed E-state index contributed by atoms with van der Waals surface area (Å²) in [5.74, 6) is 0.536. The number of fused-ring (bicyclic) bond motifs is 5. The molecule has 4 aromatic rings. The molecule has 0 aromatic heterocycles. The summed E-state index contributed by atoms with van der Waals surface area (Å²) in [4.78, 5) is 12.1. The van der Waals surface area contributed by atoms with Gasteiger partial charge in [0.15, 0.2) is 0 Å². The second kappa shape index (κ2) is 8.95. The minimum Gasteiger partial charge on any atom is -0.434 e. The highest BCUT2D eigenvalue weighted by Crippen LogP contribution is 2.35. The lowest BCUT2D eigenvalue weighted by Crippen LogP contribution is -2.11. The summed E-state index contributed by atoms with van der Waals surface area (Å²) in [7, 11) is 0. The molecule has 0 heterocycles. The monoisotopic (exact) mass is 386 g/mol. The molecule has 0 aliphatic heterocycles. The molecule has 0 amide bonds. The third-order valence-electron chi connectivity index (χ3n) is 5.40. The molecule has 148 valence electrons. The summed E-state index contributed by atoms with van der Waals surface area (Å²) in [6.45, 7) is 2.59. The average Bonchev–Trinajstić information content (AvgIpc) is 2.76. The number of rotatable bonds is 7. The largest absolute Gasteiger partial charge is 0.513 e. The van der Waals surface area contributed by atoms with Crippen molar-refractivity contribution in [1.29, 1.82) is 0 Å². The Bertz CT molecular complexity index is 1150. The van der Waals surface area contributed by atoms with Crippen molar-refractivity contribution in [3.63, 3.8) is 0 Å². The van der Waals surface area contributed by atoms with Crippen LogP contribution in [0, 0.1) is 0 Å². The number of ether oxygens (including phenoxy) is 2. The molecular weight excluding hydrogens is 360 g/mol. The SMILES string of the molecule is CCCCCCCOC(=O)Oc1cccc2c1ccc1c3ccccc3ccc21. The van der Waals surface area contributed by atoms with E-state index in [2.05, 4.69) is 55.5 Å². The number of unbranched alkanes of at least 4 members (excludes halogenated alkanes) is 4. The molecule has 0 spiro atoms. The molecule has 4 aromatic carbocycles. The van der Waals surface area contributed by atoms with Crippen molar-refractivity contribution in [2.24, 2.45) is 0 Å². The molecular formula is C26H26O3. The van der Waals surface area contributed by atoms with Gasteiger partial charge in [-0.1, -0.05) is 87.2 Å². The molecule has 0 atom stereocenters. The maximum atomic E-state index is 12.1. The molecule has 0 bridgehead atoms. The van der Waals surface area contributed by atoms with E-state index >= 15 is 0 Å². The van der Waals surface area contributed by atoms with Crippen molar-refractivity contribution in [2.75, 3.05) is 6.61 Å². The van der Waals surface area contributed by atoms with E-state index in [-0.39, 0.29) is 0 Å². The third kappa shape index (κ3) is 4.19.